The first-order chi connectivity index (χ1) is 13.8. The van der Waals surface area contributed by atoms with E-state index in [1.165, 1.54) is 18.4 Å². The van der Waals surface area contributed by atoms with E-state index in [0.29, 0.717) is 11.4 Å². The molecule has 1 aliphatic rings. The number of aryl methyl sites for hydroxylation is 1. The van der Waals surface area contributed by atoms with Crippen molar-refractivity contribution in [2.45, 2.75) is 38.5 Å². The molecule has 0 saturated heterocycles. The number of benzene rings is 2. The van der Waals surface area contributed by atoms with Crippen molar-refractivity contribution in [3.63, 3.8) is 0 Å². The van der Waals surface area contributed by atoms with Gasteiger partial charge in [-0.2, -0.15) is 5.26 Å². The van der Waals surface area contributed by atoms with Crippen molar-refractivity contribution in [2.24, 2.45) is 0 Å². The average Bonchev–Trinajstić information content (AvgIpc) is 2.69. The normalized spacial score (nSPS) is 13.7. The highest BCUT2D eigenvalue weighted by molar-refractivity contribution is 5.80. The fraction of sp³-hybridized carbons (Fsp3) is 0.250. The van der Waals surface area contributed by atoms with Crippen LogP contribution in [0.4, 0.5) is 5.82 Å². The summed E-state index contributed by atoms with van der Waals surface area (Å²) in [6.07, 6.45) is 6.49. The third kappa shape index (κ3) is 3.70. The number of aromatic nitrogens is 1. The van der Waals surface area contributed by atoms with Crippen LogP contribution in [0.25, 0.3) is 11.1 Å². The Bertz CT molecular complexity index is 1020. The van der Waals surface area contributed by atoms with Gasteiger partial charge < -0.3 is 10.5 Å². The highest BCUT2D eigenvalue weighted by atomic mass is 16.5. The maximum absolute atomic E-state index is 9.79. The summed E-state index contributed by atoms with van der Waals surface area (Å²) in [7, 11) is 0. The molecule has 4 heteroatoms. The molecule has 2 aromatic carbocycles. The van der Waals surface area contributed by atoms with Crippen LogP contribution in [0.5, 0.6) is 11.5 Å². The quantitative estimate of drug-likeness (QED) is 0.647. The number of para-hydroxylation sites is 1. The molecule has 28 heavy (non-hydrogen) atoms. The zero-order valence-electron chi connectivity index (χ0n) is 15.8. The molecule has 0 radical (unpaired) electrons. The fourth-order valence-corrected chi connectivity index (χ4v) is 3.89. The lowest BCUT2D eigenvalue weighted by Gasteiger charge is -2.20. The van der Waals surface area contributed by atoms with Crippen LogP contribution in [0, 0.1) is 11.3 Å². The van der Waals surface area contributed by atoms with Gasteiger partial charge in [0.15, 0.2) is 0 Å². The molecule has 0 fully saturated rings. The van der Waals surface area contributed by atoms with E-state index in [1.54, 1.807) is 0 Å². The molecule has 0 bridgehead atoms. The molecule has 1 heterocycles. The number of nitrogens with two attached hydrogens (primary N) is 1. The molecular formula is C24H23N3O. The average molecular weight is 369 g/mol. The smallest absolute Gasteiger partial charge is 0.142 e. The Kier molecular flexibility index (Phi) is 5.25. The highest BCUT2D eigenvalue weighted by Gasteiger charge is 2.21. The summed E-state index contributed by atoms with van der Waals surface area (Å²) in [6.45, 7) is 0. The van der Waals surface area contributed by atoms with Gasteiger partial charge in [-0.25, -0.2) is 4.98 Å². The Hall–Kier alpha value is -3.32. The summed E-state index contributed by atoms with van der Waals surface area (Å²) in [6, 6.07) is 19.9. The molecule has 0 atom stereocenters. The van der Waals surface area contributed by atoms with Gasteiger partial charge >= 0.3 is 0 Å². The monoisotopic (exact) mass is 369 g/mol. The number of ether oxygens (including phenoxy) is 1. The topological polar surface area (TPSA) is 71.9 Å². The summed E-state index contributed by atoms with van der Waals surface area (Å²) in [5.41, 5.74) is 10.7. The molecule has 0 unspecified atom stereocenters. The number of pyridine rings is 1. The second kappa shape index (κ2) is 8.14. The SMILES string of the molecule is N#Cc1c(N)nc2c(c1-c1cccc(Oc3ccccc3)c1)CCCCCC2. The lowest BCUT2D eigenvalue weighted by atomic mass is 9.88. The van der Waals surface area contributed by atoms with Gasteiger partial charge in [-0.05, 0) is 61.1 Å². The molecule has 1 aromatic heterocycles. The van der Waals surface area contributed by atoms with Crippen molar-refractivity contribution in [2.75, 3.05) is 5.73 Å². The fourth-order valence-electron chi connectivity index (χ4n) is 3.89. The number of anilines is 1. The Morgan fingerprint density at radius 3 is 2.43 bits per heavy atom. The van der Waals surface area contributed by atoms with Crippen molar-refractivity contribution in [1.29, 1.82) is 5.26 Å². The van der Waals surface area contributed by atoms with E-state index in [0.717, 1.165) is 54.0 Å². The number of nitriles is 1. The zero-order valence-corrected chi connectivity index (χ0v) is 15.8. The second-order valence-corrected chi connectivity index (χ2v) is 7.14. The number of rotatable bonds is 3. The minimum absolute atomic E-state index is 0.325. The molecule has 1 aliphatic carbocycles. The van der Waals surface area contributed by atoms with E-state index in [-0.39, 0.29) is 0 Å². The number of hydrogen-bond donors (Lipinski definition) is 1. The summed E-state index contributed by atoms with van der Waals surface area (Å²) >= 11 is 0. The van der Waals surface area contributed by atoms with E-state index in [4.69, 9.17) is 10.5 Å². The Labute approximate surface area is 165 Å². The minimum Gasteiger partial charge on any atom is -0.457 e. The zero-order chi connectivity index (χ0) is 19.3. The number of fused-ring (bicyclic) bond motifs is 1. The van der Waals surface area contributed by atoms with E-state index in [1.807, 2.05) is 54.6 Å². The Morgan fingerprint density at radius 2 is 1.64 bits per heavy atom. The largest absolute Gasteiger partial charge is 0.457 e. The van der Waals surface area contributed by atoms with Crippen molar-refractivity contribution in [3.8, 4) is 28.7 Å². The second-order valence-electron chi connectivity index (χ2n) is 7.14. The van der Waals surface area contributed by atoms with E-state index >= 15 is 0 Å². The first-order valence-corrected chi connectivity index (χ1v) is 9.81. The molecule has 4 rings (SSSR count). The summed E-state index contributed by atoms with van der Waals surface area (Å²) in [4.78, 5) is 4.59. The third-order valence-electron chi connectivity index (χ3n) is 5.22. The van der Waals surface area contributed by atoms with Crippen LogP contribution < -0.4 is 10.5 Å². The van der Waals surface area contributed by atoms with Crippen LogP contribution >= 0.6 is 0 Å². The van der Waals surface area contributed by atoms with E-state index in [9.17, 15) is 5.26 Å². The molecule has 0 aliphatic heterocycles. The highest BCUT2D eigenvalue weighted by Crippen LogP contribution is 2.36. The maximum Gasteiger partial charge on any atom is 0.142 e. The molecule has 3 aromatic rings. The van der Waals surface area contributed by atoms with Gasteiger partial charge in [-0.1, -0.05) is 43.2 Å². The lowest BCUT2D eigenvalue weighted by molar-refractivity contribution is 0.483. The van der Waals surface area contributed by atoms with Gasteiger partial charge in [0.2, 0.25) is 0 Å². The number of hydrogen-bond acceptors (Lipinski definition) is 4. The third-order valence-corrected chi connectivity index (χ3v) is 5.22. The van der Waals surface area contributed by atoms with Gasteiger partial charge in [0.1, 0.15) is 28.9 Å². The van der Waals surface area contributed by atoms with Crippen LogP contribution in [0.15, 0.2) is 54.6 Å². The molecular weight excluding hydrogens is 346 g/mol. The summed E-state index contributed by atoms with van der Waals surface area (Å²) in [5, 5.41) is 9.79. The summed E-state index contributed by atoms with van der Waals surface area (Å²) < 4.78 is 6.00. The Morgan fingerprint density at radius 1 is 0.893 bits per heavy atom. The van der Waals surface area contributed by atoms with E-state index in [2.05, 4.69) is 11.1 Å². The first kappa shape index (κ1) is 18.1. The van der Waals surface area contributed by atoms with Crippen LogP contribution in [0.2, 0.25) is 0 Å². The van der Waals surface area contributed by atoms with Gasteiger partial charge in [0.25, 0.3) is 0 Å². The van der Waals surface area contributed by atoms with Gasteiger partial charge in [0, 0.05) is 11.3 Å². The van der Waals surface area contributed by atoms with Gasteiger partial charge in [-0.15, -0.1) is 0 Å². The number of nitrogen functional groups attached to an aromatic ring is 1. The standard InChI is InChI=1S/C24H23N3O/c25-16-21-23(20-13-6-1-2-7-14-22(20)27-24(21)26)17-9-8-12-19(15-17)28-18-10-4-3-5-11-18/h3-5,8-12,15H,1-2,6-7,13-14H2,(H2,26,27). The predicted octanol–water partition coefficient (Wildman–Crippen LogP) is 5.65. The van der Waals surface area contributed by atoms with Crippen molar-refractivity contribution < 1.29 is 4.74 Å². The molecule has 2 N–H and O–H groups in total. The van der Waals surface area contributed by atoms with Crippen molar-refractivity contribution >= 4 is 5.82 Å². The van der Waals surface area contributed by atoms with Crippen LogP contribution in [0.3, 0.4) is 0 Å². The number of nitrogens with zero attached hydrogens (tertiary/aromatic N) is 2. The van der Waals surface area contributed by atoms with Gasteiger partial charge in [-0.3, -0.25) is 0 Å². The van der Waals surface area contributed by atoms with Crippen LogP contribution in [0.1, 0.15) is 42.5 Å². The molecule has 0 spiro atoms. The van der Waals surface area contributed by atoms with Crippen LogP contribution in [-0.4, -0.2) is 4.98 Å². The van der Waals surface area contributed by atoms with Crippen molar-refractivity contribution in [3.05, 3.63) is 71.4 Å². The van der Waals surface area contributed by atoms with Crippen LogP contribution in [-0.2, 0) is 12.8 Å². The molecule has 4 nitrogen and oxygen atoms in total. The lowest BCUT2D eigenvalue weighted by Crippen LogP contribution is -2.10. The first-order valence-electron chi connectivity index (χ1n) is 9.81. The van der Waals surface area contributed by atoms with E-state index < -0.39 is 0 Å². The van der Waals surface area contributed by atoms with Crippen molar-refractivity contribution in [1.82, 2.24) is 4.98 Å². The molecule has 0 saturated carbocycles. The maximum atomic E-state index is 9.79. The molecule has 0 amide bonds. The Balaban J connectivity index is 1.82. The predicted molar refractivity (Wildman–Crippen MR) is 111 cm³/mol. The summed E-state index contributed by atoms with van der Waals surface area (Å²) in [5.74, 6) is 1.85. The minimum atomic E-state index is 0.325. The molecule has 140 valence electrons. The van der Waals surface area contributed by atoms with Gasteiger partial charge in [0.05, 0.1) is 0 Å².